The van der Waals surface area contributed by atoms with Crippen LogP contribution in [0.4, 0.5) is 10.2 Å². The molecule has 0 aliphatic rings. The quantitative estimate of drug-likeness (QED) is 0.777. The number of anilines is 1. The number of nitrogens with one attached hydrogen (secondary N) is 1. The van der Waals surface area contributed by atoms with Crippen molar-refractivity contribution in [2.45, 2.75) is 26.7 Å². The third-order valence-corrected chi connectivity index (χ3v) is 2.64. The highest BCUT2D eigenvalue weighted by molar-refractivity contribution is 5.36. The number of aliphatic hydroxyl groups is 1. The molecule has 0 aliphatic heterocycles. The number of aryl methyl sites for hydroxylation is 1. The summed E-state index contributed by atoms with van der Waals surface area (Å²) < 4.78 is 13.5. The molecular weight excluding hydrogens is 209 g/mol. The Morgan fingerprint density at radius 1 is 1.50 bits per heavy atom. The minimum absolute atomic E-state index is 0.158. The number of aromatic nitrogens is 2. The topological polar surface area (TPSA) is 58.0 Å². The van der Waals surface area contributed by atoms with E-state index in [0.29, 0.717) is 18.2 Å². The smallest absolute Gasteiger partial charge is 0.186 e. The third kappa shape index (κ3) is 3.41. The molecule has 1 heterocycles. The fourth-order valence-electron chi connectivity index (χ4n) is 1.46. The van der Waals surface area contributed by atoms with Crippen molar-refractivity contribution in [3.8, 4) is 0 Å². The van der Waals surface area contributed by atoms with E-state index in [9.17, 15) is 4.39 Å². The molecule has 1 rings (SSSR count). The summed E-state index contributed by atoms with van der Waals surface area (Å²) in [7, 11) is 0. The standard InChI is InChI=1S/C11H18FN3O/c1-3-9(4-5-16)6-13-11-10(12)8(2)14-7-15-11/h7,9,16H,3-6H2,1-2H3,(H,13,14,15). The van der Waals surface area contributed by atoms with Gasteiger partial charge in [-0.3, -0.25) is 0 Å². The molecule has 2 N–H and O–H groups in total. The van der Waals surface area contributed by atoms with Gasteiger partial charge < -0.3 is 10.4 Å². The van der Waals surface area contributed by atoms with Crippen molar-refractivity contribution in [3.63, 3.8) is 0 Å². The van der Waals surface area contributed by atoms with Crippen LogP contribution in [-0.2, 0) is 0 Å². The molecule has 1 atom stereocenters. The van der Waals surface area contributed by atoms with E-state index in [0.717, 1.165) is 12.8 Å². The fraction of sp³-hybridized carbons (Fsp3) is 0.636. The highest BCUT2D eigenvalue weighted by Gasteiger charge is 2.10. The molecule has 0 aromatic carbocycles. The highest BCUT2D eigenvalue weighted by Crippen LogP contribution is 2.14. The van der Waals surface area contributed by atoms with Gasteiger partial charge in [0.15, 0.2) is 11.6 Å². The number of rotatable bonds is 6. The first-order valence-electron chi connectivity index (χ1n) is 5.50. The van der Waals surface area contributed by atoms with E-state index in [1.54, 1.807) is 6.92 Å². The largest absolute Gasteiger partial charge is 0.396 e. The summed E-state index contributed by atoms with van der Waals surface area (Å²) in [6.45, 7) is 4.42. The molecule has 90 valence electrons. The SMILES string of the molecule is CCC(CCO)CNc1ncnc(C)c1F. The molecule has 0 saturated carbocycles. The van der Waals surface area contributed by atoms with Crippen molar-refractivity contribution >= 4 is 5.82 Å². The zero-order valence-electron chi connectivity index (χ0n) is 9.70. The normalized spacial score (nSPS) is 12.5. The summed E-state index contributed by atoms with van der Waals surface area (Å²) in [4.78, 5) is 7.60. The minimum Gasteiger partial charge on any atom is -0.396 e. The van der Waals surface area contributed by atoms with E-state index in [2.05, 4.69) is 15.3 Å². The Labute approximate surface area is 94.9 Å². The number of hydrogen-bond donors (Lipinski definition) is 2. The monoisotopic (exact) mass is 227 g/mol. The summed E-state index contributed by atoms with van der Waals surface area (Å²) in [5.74, 6) is 0.171. The molecule has 5 heteroatoms. The van der Waals surface area contributed by atoms with Crippen LogP contribution in [-0.4, -0.2) is 28.2 Å². The van der Waals surface area contributed by atoms with E-state index in [1.807, 2.05) is 6.92 Å². The van der Waals surface area contributed by atoms with E-state index in [-0.39, 0.29) is 12.4 Å². The van der Waals surface area contributed by atoms with Gasteiger partial charge in [0, 0.05) is 13.2 Å². The van der Waals surface area contributed by atoms with Crippen molar-refractivity contribution in [1.29, 1.82) is 0 Å². The lowest BCUT2D eigenvalue weighted by Crippen LogP contribution is -2.16. The highest BCUT2D eigenvalue weighted by atomic mass is 19.1. The number of hydrogen-bond acceptors (Lipinski definition) is 4. The Morgan fingerprint density at radius 3 is 2.88 bits per heavy atom. The Balaban J connectivity index is 2.56. The van der Waals surface area contributed by atoms with Crippen LogP contribution in [0, 0.1) is 18.7 Å². The lowest BCUT2D eigenvalue weighted by atomic mass is 10.0. The molecule has 0 fully saturated rings. The van der Waals surface area contributed by atoms with Crippen LogP contribution in [0.3, 0.4) is 0 Å². The van der Waals surface area contributed by atoms with Crippen LogP contribution >= 0.6 is 0 Å². The van der Waals surface area contributed by atoms with E-state index in [1.165, 1.54) is 6.33 Å². The molecule has 0 bridgehead atoms. The number of halogens is 1. The molecule has 0 aliphatic carbocycles. The van der Waals surface area contributed by atoms with Crippen LogP contribution in [0.25, 0.3) is 0 Å². The van der Waals surface area contributed by atoms with Crippen molar-refractivity contribution in [2.75, 3.05) is 18.5 Å². The Hall–Kier alpha value is -1.23. The zero-order chi connectivity index (χ0) is 12.0. The lowest BCUT2D eigenvalue weighted by Gasteiger charge is -2.15. The van der Waals surface area contributed by atoms with E-state index in [4.69, 9.17) is 5.11 Å². The lowest BCUT2D eigenvalue weighted by molar-refractivity contribution is 0.258. The Kier molecular flexibility index (Phi) is 5.11. The van der Waals surface area contributed by atoms with Crippen LogP contribution in [0.2, 0.25) is 0 Å². The second-order valence-electron chi connectivity index (χ2n) is 3.79. The summed E-state index contributed by atoms with van der Waals surface area (Å²) in [5.41, 5.74) is 0.340. The maximum absolute atomic E-state index is 13.5. The summed E-state index contributed by atoms with van der Waals surface area (Å²) in [5, 5.41) is 11.8. The minimum atomic E-state index is -0.402. The molecule has 1 unspecified atom stereocenters. The second kappa shape index (κ2) is 6.37. The van der Waals surface area contributed by atoms with Crippen LogP contribution < -0.4 is 5.32 Å². The van der Waals surface area contributed by atoms with Gasteiger partial charge in [0.2, 0.25) is 0 Å². The van der Waals surface area contributed by atoms with E-state index < -0.39 is 5.82 Å². The molecule has 0 radical (unpaired) electrons. The van der Waals surface area contributed by atoms with Gasteiger partial charge in [-0.2, -0.15) is 0 Å². The summed E-state index contributed by atoms with van der Waals surface area (Å²) >= 11 is 0. The molecule has 0 amide bonds. The van der Waals surface area contributed by atoms with Gasteiger partial charge in [0.1, 0.15) is 6.33 Å². The molecule has 16 heavy (non-hydrogen) atoms. The second-order valence-corrected chi connectivity index (χ2v) is 3.79. The number of aliphatic hydroxyl groups excluding tert-OH is 1. The third-order valence-electron chi connectivity index (χ3n) is 2.64. The Bertz CT molecular complexity index is 333. The molecule has 0 spiro atoms. The predicted molar refractivity (Wildman–Crippen MR) is 60.7 cm³/mol. The van der Waals surface area contributed by atoms with Crippen molar-refractivity contribution in [3.05, 3.63) is 17.8 Å². The molecule has 0 saturated heterocycles. The van der Waals surface area contributed by atoms with Gasteiger partial charge in [-0.05, 0) is 19.3 Å². The zero-order valence-corrected chi connectivity index (χ0v) is 9.70. The average molecular weight is 227 g/mol. The van der Waals surface area contributed by atoms with Gasteiger partial charge in [-0.1, -0.05) is 13.3 Å². The average Bonchev–Trinajstić information content (AvgIpc) is 2.29. The molecule has 1 aromatic rings. The number of nitrogens with zero attached hydrogens (tertiary/aromatic N) is 2. The van der Waals surface area contributed by atoms with Crippen LogP contribution in [0.15, 0.2) is 6.33 Å². The molecule has 1 aromatic heterocycles. The van der Waals surface area contributed by atoms with Crippen molar-refractivity contribution in [2.24, 2.45) is 5.92 Å². The van der Waals surface area contributed by atoms with Gasteiger partial charge >= 0.3 is 0 Å². The maximum atomic E-state index is 13.5. The van der Waals surface area contributed by atoms with Crippen molar-refractivity contribution < 1.29 is 9.50 Å². The van der Waals surface area contributed by atoms with Gasteiger partial charge in [0.25, 0.3) is 0 Å². The Morgan fingerprint density at radius 2 is 2.25 bits per heavy atom. The fourth-order valence-corrected chi connectivity index (χ4v) is 1.46. The first-order valence-corrected chi connectivity index (χ1v) is 5.50. The predicted octanol–water partition coefficient (Wildman–Crippen LogP) is 1.74. The van der Waals surface area contributed by atoms with Crippen molar-refractivity contribution in [1.82, 2.24) is 9.97 Å². The summed E-state index contributed by atoms with van der Waals surface area (Å²) in [6, 6.07) is 0. The van der Waals surface area contributed by atoms with Gasteiger partial charge in [-0.25, -0.2) is 14.4 Å². The molecule has 4 nitrogen and oxygen atoms in total. The van der Waals surface area contributed by atoms with Gasteiger partial charge in [-0.15, -0.1) is 0 Å². The van der Waals surface area contributed by atoms with Crippen LogP contribution in [0.1, 0.15) is 25.5 Å². The van der Waals surface area contributed by atoms with Crippen LogP contribution in [0.5, 0.6) is 0 Å². The van der Waals surface area contributed by atoms with E-state index >= 15 is 0 Å². The molecular formula is C11H18FN3O. The first kappa shape index (κ1) is 12.8. The van der Waals surface area contributed by atoms with Gasteiger partial charge in [0.05, 0.1) is 5.69 Å². The maximum Gasteiger partial charge on any atom is 0.186 e. The first-order chi connectivity index (χ1) is 7.69. The summed E-state index contributed by atoms with van der Waals surface area (Å²) in [6.07, 6.45) is 3.00.